The van der Waals surface area contributed by atoms with Crippen LogP contribution in [-0.4, -0.2) is 13.0 Å². The highest BCUT2D eigenvalue weighted by molar-refractivity contribution is 14.1. The summed E-state index contributed by atoms with van der Waals surface area (Å²) in [6.07, 6.45) is 3.28. The number of nitrogens with one attached hydrogen (secondary N) is 1. The number of carbonyl (C=O) groups is 1. The Morgan fingerprint density at radius 1 is 1.10 bits per heavy atom. The SMILES string of the molecule is COc1ccc(C=CC(=O)Nc2ccc(I)cc2)cc1. The summed E-state index contributed by atoms with van der Waals surface area (Å²) in [6, 6.07) is 15.2. The van der Waals surface area contributed by atoms with Gasteiger partial charge in [-0.1, -0.05) is 12.1 Å². The largest absolute Gasteiger partial charge is 0.497 e. The molecule has 0 radical (unpaired) electrons. The van der Waals surface area contributed by atoms with Crippen molar-refractivity contribution in [3.8, 4) is 5.75 Å². The standard InChI is InChI=1S/C16H14INO2/c1-20-15-9-2-12(3-10-15)4-11-16(19)18-14-7-5-13(17)6-8-14/h2-11H,1H3,(H,18,19). The molecule has 2 aromatic rings. The molecule has 0 saturated heterocycles. The van der Waals surface area contributed by atoms with Crippen molar-refractivity contribution in [3.05, 3.63) is 63.7 Å². The molecule has 0 unspecified atom stereocenters. The van der Waals surface area contributed by atoms with Crippen LogP contribution in [0.5, 0.6) is 5.75 Å². The zero-order valence-electron chi connectivity index (χ0n) is 11.0. The molecule has 0 aliphatic heterocycles. The lowest BCUT2D eigenvalue weighted by atomic mass is 10.2. The van der Waals surface area contributed by atoms with E-state index in [1.54, 1.807) is 13.2 Å². The minimum absolute atomic E-state index is 0.151. The Kier molecular flexibility index (Phi) is 5.17. The maximum absolute atomic E-state index is 11.8. The highest BCUT2D eigenvalue weighted by Crippen LogP contribution is 2.13. The van der Waals surface area contributed by atoms with Crippen LogP contribution in [0.25, 0.3) is 6.08 Å². The van der Waals surface area contributed by atoms with Gasteiger partial charge in [-0.05, 0) is 70.6 Å². The minimum Gasteiger partial charge on any atom is -0.497 e. The monoisotopic (exact) mass is 379 g/mol. The molecule has 0 fully saturated rings. The van der Waals surface area contributed by atoms with Crippen LogP contribution < -0.4 is 10.1 Å². The van der Waals surface area contributed by atoms with E-state index in [-0.39, 0.29) is 5.91 Å². The number of hydrogen-bond acceptors (Lipinski definition) is 2. The van der Waals surface area contributed by atoms with Crippen molar-refractivity contribution in [2.75, 3.05) is 12.4 Å². The topological polar surface area (TPSA) is 38.3 Å². The van der Waals surface area contributed by atoms with Gasteiger partial charge in [-0.2, -0.15) is 0 Å². The average Bonchev–Trinajstić information content (AvgIpc) is 2.48. The molecule has 0 heterocycles. The van der Waals surface area contributed by atoms with Crippen LogP contribution in [0, 0.1) is 3.57 Å². The van der Waals surface area contributed by atoms with E-state index in [9.17, 15) is 4.79 Å². The van der Waals surface area contributed by atoms with E-state index < -0.39 is 0 Å². The van der Waals surface area contributed by atoms with Crippen LogP contribution in [0.4, 0.5) is 5.69 Å². The zero-order chi connectivity index (χ0) is 14.4. The molecule has 4 heteroatoms. The molecule has 1 amide bonds. The van der Waals surface area contributed by atoms with Crippen LogP contribution in [0.1, 0.15) is 5.56 Å². The van der Waals surface area contributed by atoms with Crippen molar-refractivity contribution >= 4 is 40.3 Å². The minimum atomic E-state index is -0.151. The number of methoxy groups -OCH3 is 1. The lowest BCUT2D eigenvalue weighted by Crippen LogP contribution is -2.07. The number of carbonyl (C=O) groups excluding carboxylic acids is 1. The second-order valence-electron chi connectivity index (χ2n) is 4.10. The molecule has 102 valence electrons. The van der Waals surface area contributed by atoms with Gasteiger partial charge in [0.25, 0.3) is 0 Å². The average molecular weight is 379 g/mol. The summed E-state index contributed by atoms with van der Waals surface area (Å²) in [4.78, 5) is 11.8. The van der Waals surface area contributed by atoms with Crippen LogP contribution in [-0.2, 0) is 4.79 Å². The number of ether oxygens (including phenoxy) is 1. The summed E-state index contributed by atoms with van der Waals surface area (Å²) >= 11 is 2.22. The fourth-order valence-electron chi connectivity index (χ4n) is 1.60. The van der Waals surface area contributed by atoms with E-state index >= 15 is 0 Å². The van der Waals surface area contributed by atoms with Gasteiger partial charge in [0.1, 0.15) is 5.75 Å². The maximum Gasteiger partial charge on any atom is 0.248 e. The summed E-state index contributed by atoms with van der Waals surface area (Å²) in [5, 5.41) is 2.81. The zero-order valence-corrected chi connectivity index (χ0v) is 13.1. The summed E-state index contributed by atoms with van der Waals surface area (Å²) in [5.74, 6) is 0.646. The number of halogens is 1. The predicted molar refractivity (Wildman–Crippen MR) is 89.8 cm³/mol. The Bertz CT molecular complexity index is 603. The molecule has 2 rings (SSSR count). The number of amides is 1. The summed E-state index contributed by atoms with van der Waals surface area (Å²) < 4.78 is 6.21. The highest BCUT2D eigenvalue weighted by Gasteiger charge is 1.97. The third-order valence-corrected chi connectivity index (χ3v) is 3.37. The van der Waals surface area contributed by atoms with Gasteiger partial charge in [0.05, 0.1) is 7.11 Å². The molecule has 2 aromatic carbocycles. The van der Waals surface area contributed by atoms with Gasteiger partial charge in [-0.3, -0.25) is 4.79 Å². The van der Waals surface area contributed by atoms with Crippen LogP contribution >= 0.6 is 22.6 Å². The predicted octanol–water partition coefficient (Wildman–Crippen LogP) is 3.95. The van der Waals surface area contributed by atoms with E-state index in [1.165, 1.54) is 6.08 Å². The molecule has 0 atom stereocenters. The summed E-state index contributed by atoms with van der Waals surface area (Å²) in [5.41, 5.74) is 1.73. The third-order valence-electron chi connectivity index (χ3n) is 2.65. The fourth-order valence-corrected chi connectivity index (χ4v) is 1.96. The number of benzene rings is 2. The fraction of sp³-hybridized carbons (Fsp3) is 0.0625. The Hall–Kier alpha value is -1.82. The first-order chi connectivity index (χ1) is 9.67. The van der Waals surface area contributed by atoms with Crippen molar-refractivity contribution in [1.29, 1.82) is 0 Å². The molecule has 1 N–H and O–H groups in total. The lowest BCUT2D eigenvalue weighted by Gasteiger charge is -2.02. The maximum atomic E-state index is 11.8. The molecule has 0 aliphatic rings. The van der Waals surface area contributed by atoms with Gasteiger partial charge < -0.3 is 10.1 Å². The molecule has 0 aromatic heterocycles. The Morgan fingerprint density at radius 3 is 2.35 bits per heavy atom. The normalized spacial score (nSPS) is 10.5. The molecule has 0 bridgehead atoms. The first-order valence-electron chi connectivity index (χ1n) is 6.06. The Balaban J connectivity index is 1.96. The van der Waals surface area contributed by atoms with Gasteiger partial charge >= 0.3 is 0 Å². The van der Waals surface area contributed by atoms with E-state index in [1.807, 2.05) is 48.5 Å². The van der Waals surface area contributed by atoms with Gasteiger partial charge in [-0.25, -0.2) is 0 Å². The Morgan fingerprint density at radius 2 is 1.75 bits per heavy atom. The molecule has 0 spiro atoms. The number of anilines is 1. The molecular formula is C16H14INO2. The smallest absolute Gasteiger partial charge is 0.248 e. The molecule has 0 saturated carbocycles. The second kappa shape index (κ2) is 7.09. The first-order valence-corrected chi connectivity index (χ1v) is 7.14. The van der Waals surface area contributed by atoms with Crippen molar-refractivity contribution < 1.29 is 9.53 Å². The van der Waals surface area contributed by atoms with Crippen molar-refractivity contribution in [1.82, 2.24) is 0 Å². The first kappa shape index (κ1) is 14.6. The molecule has 20 heavy (non-hydrogen) atoms. The quantitative estimate of drug-likeness (QED) is 0.646. The van der Waals surface area contributed by atoms with Gasteiger partial charge in [0, 0.05) is 15.3 Å². The van der Waals surface area contributed by atoms with Crippen LogP contribution in [0.3, 0.4) is 0 Å². The van der Waals surface area contributed by atoms with E-state index in [4.69, 9.17) is 4.74 Å². The van der Waals surface area contributed by atoms with E-state index in [0.29, 0.717) is 0 Å². The molecule has 3 nitrogen and oxygen atoms in total. The van der Waals surface area contributed by atoms with Gasteiger partial charge in [-0.15, -0.1) is 0 Å². The van der Waals surface area contributed by atoms with Crippen LogP contribution in [0.15, 0.2) is 54.6 Å². The van der Waals surface area contributed by atoms with Crippen molar-refractivity contribution in [2.24, 2.45) is 0 Å². The molecule has 0 aliphatic carbocycles. The lowest BCUT2D eigenvalue weighted by molar-refractivity contribution is -0.111. The highest BCUT2D eigenvalue weighted by atomic mass is 127. The van der Waals surface area contributed by atoms with Crippen molar-refractivity contribution in [2.45, 2.75) is 0 Å². The van der Waals surface area contributed by atoms with Gasteiger partial charge in [0.15, 0.2) is 0 Å². The molecular weight excluding hydrogens is 365 g/mol. The van der Waals surface area contributed by atoms with E-state index in [2.05, 4.69) is 27.9 Å². The Labute approximate surface area is 131 Å². The number of hydrogen-bond donors (Lipinski definition) is 1. The summed E-state index contributed by atoms with van der Waals surface area (Å²) in [6.45, 7) is 0. The van der Waals surface area contributed by atoms with Crippen LogP contribution in [0.2, 0.25) is 0 Å². The van der Waals surface area contributed by atoms with E-state index in [0.717, 1.165) is 20.6 Å². The third kappa shape index (κ3) is 4.38. The summed E-state index contributed by atoms with van der Waals surface area (Å²) in [7, 11) is 1.62. The van der Waals surface area contributed by atoms with Gasteiger partial charge in [0.2, 0.25) is 5.91 Å². The van der Waals surface area contributed by atoms with Crippen molar-refractivity contribution in [3.63, 3.8) is 0 Å². The number of rotatable bonds is 4. The second-order valence-corrected chi connectivity index (χ2v) is 5.35.